The highest BCUT2D eigenvalue weighted by Gasteiger charge is 2.26. The zero-order valence-corrected chi connectivity index (χ0v) is 11.8. The lowest BCUT2D eigenvalue weighted by Gasteiger charge is -2.33. The number of nitrogens with one attached hydrogen (secondary N) is 1. The number of rotatable bonds is 4. The van der Waals surface area contributed by atoms with Gasteiger partial charge >= 0.3 is 0 Å². The Kier molecular flexibility index (Phi) is 4.04. The van der Waals surface area contributed by atoms with Crippen molar-refractivity contribution in [3.63, 3.8) is 0 Å². The molecule has 1 aromatic rings. The largest absolute Gasteiger partial charge is 0.384 e. The standard InChI is InChI=1S/C16H24N2O/c1-2-19-14-7-9-18(10-8-14)12-13-11-17-16-6-4-3-5-15(13)16/h3-6,13-14,17H,2,7-12H2,1H3. The van der Waals surface area contributed by atoms with E-state index in [0.717, 1.165) is 13.2 Å². The highest BCUT2D eigenvalue weighted by atomic mass is 16.5. The number of hydrogen-bond acceptors (Lipinski definition) is 3. The number of piperidine rings is 1. The zero-order valence-electron chi connectivity index (χ0n) is 11.8. The minimum Gasteiger partial charge on any atom is -0.384 e. The van der Waals surface area contributed by atoms with Gasteiger partial charge in [0.05, 0.1) is 6.10 Å². The Morgan fingerprint density at radius 3 is 2.84 bits per heavy atom. The molecular weight excluding hydrogens is 236 g/mol. The Morgan fingerprint density at radius 2 is 2.05 bits per heavy atom. The summed E-state index contributed by atoms with van der Waals surface area (Å²) in [5, 5.41) is 3.52. The molecule has 104 valence electrons. The number of nitrogens with zero attached hydrogens (tertiary/aromatic N) is 1. The van der Waals surface area contributed by atoms with E-state index in [1.807, 2.05) is 0 Å². The number of para-hydroxylation sites is 1. The fourth-order valence-corrected chi connectivity index (χ4v) is 3.33. The van der Waals surface area contributed by atoms with E-state index in [1.54, 1.807) is 0 Å². The number of likely N-dealkylation sites (tertiary alicyclic amines) is 1. The van der Waals surface area contributed by atoms with Crippen molar-refractivity contribution in [1.82, 2.24) is 4.90 Å². The summed E-state index contributed by atoms with van der Waals surface area (Å²) in [6, 6.07) is 8.73. The fourth-order valence-electron chi connectivity index (χ4n) is 3.33. The molecule has 0 amide bonds. The maximum Gasteiger partial charge on any atom is 0.0599 e. The Bertz CT molecular complexity index is 413. The smallest absolute Gasteiger partial charge is 0.0599 e. The zero-order chi connectivity index (χ0) is 13.1. The van der Waals surface area contributed by atoms with Crippen LogP contribution in [0.4, 0.5) is 5.69 Å². The summed E-state index contributed by atoms with van der Waals surface area (Å²) in [6.07, 6.45) is 2.88. The molecule has 0 spiro atoms. The van der Waals surface area contributed by atoms with Gasteiger partial charge in [-0.3, -0.25) is 0 Å². The van der Waals surface area contributed by atoms with E-state index in [4.69, 9.17) is 4.74 Å². The Balaban J connectivity index is 1.54. The molecule has 1 aromatic carbocycles. The summed E-state index contributed by atoms with van der Waals surface area (Å²) in [4.78, 5) is 2.60. The van der Waals surface area contributed by atoms with E-state index >= 15 is 0 Å². The molecule has 1 fully saturated rings. The van der Waals surface area contributed by atoms with Crippen LogP contribution in [0.3, 0.4) is 0 Å². The molecule has 3 nitrogen and oxygen atoms in total. The van der Waals surface area contributed by atoms with Crippen LogP contribution in [0.25, 0.3) is 0 Å². The SMILES string of the molecule is CCOC1CCN(CC2CNc3ccccc32)CC1. The summed E-state index contributed by atoms with van der Waals surface area (Å²) < 4.78 is 5.72. The molecule has 19 heavy (non-hydrogen) atoms. The predicted octanol–water partition coefficient (Wildman–Crippen LogP) is 2.70. The van der Waals surface area contributed by atoms with Crippen LogP contribution in [-0.2, 0) is 4.74 Å². The highest BCUT2D eigenvalue weighted by molar-refractivity contribution is 5.57. The van der Waals surface area contributed by atoms with Gasteiger partial charge in [0.1, 0.15) is 0 Å². The summed E-state index contributed by atoms with van der Waals surface area (Å²) in [6.45, 7) is 7.58. The molecule has 2 aliphatic heterocycles. The summed E-state index contributed by atoms with van der Waals surface area (Å²) in [7, 11) is 0. The fraction of sp³-hybridized carbons (Fsp3) is 0.625. The predicted molar refractivity (Wildman–Crippen MR) is 78.8 cm³/mol. The molecule has 3 heteroatoms. The van der Waals surface area contributed by atoms with Crippen LogP contribution >= 0.6 is 0 Å². The molecule has 1 saturated heterocycles. The second kappa shape index (κ2) is 5.93. The molecule has 0 aliphatic carbocycles. The molecule has 0 bridgehead atoms. The monoisotopic (exact) mass is 260 g/mol. The first kappa shape index (κ1) is 12.9. The number of benzene rings is 1. The molecule has 0 radical (unpaired) electrons. The van der Waals surface area contributed by atoms with Crippen molar-refractivity contribution in [2.45, 2.75) is 31.8 Å². The van der Waals surface area contributed by atoms with E-state index in [-0.39, 0.29) is 0 Å². The maximum atomic E-state index is 5.72. The third-order valence-electron chi connectivity index (χ3n) is 4.36. The number of ether oxygens (including phenoxy) is 1. The van der Waals surface area contributed by atoms with Crippen molar-refractivity contribution in [2.24, 2.45) is 0 Å². The van der Waals surface area contributed by atoms with Gasteiger partial charge in [0.25, 0.3) is 0 Å². The second-order valence-electron chi connectivity index (χ2n) is 5.62. The van der Waals surface area contributed by atoms with Gasteiger partial charge in [0.2, 0.25) is 0 Å². The normalized spacial score (nSPS) is 24.2. The number of hydrogen-bond donors (Lipinski definition) is 1. The average molecular weight is 260 g/mol. The summed E-state index contributed by atoms with van der Waals surface area (Å²) in [5.41, 5.74) is 2.83. The van der Waals surface area contributed by atoms with Gasteiger partial charge in [0, 0.05) is 44.4 Å². The Labute approximate surface area is 115 Å². The second-order valence-corrected chi connectivity index (χ2v) is 5.62. The lowest BCUT2D eigenvalue weighted by molar-refractivity contribution is 0.0133. The first-order chi connectivity index (χ1) is 9.36. The molecule has 1 atom stereocenters. The molecule has 1 N–H and O–H groups in total. The van der Waals surface area contributed by atoms with Gasteiger partial charge in [-0.2, -0.15) is 0 Å². The van der Waals surface area contributed by atoms with Crippen molar-refractivity contribution < 1.29 is 4.74 Å². The van der Waals surface area contributed by atoms with Crippen LogP contribution in [0.5, 0.6) is 0 Å². The van der Waals surface area contributed by atoms with Crippen molar-refractivity contribution >= 4 is 5.69 Å². The third kappa shape index (κ3) is 2.93. The minimum absolute atomic E-state index is 0.496. The third-order valence-corrected chi connectivity index (χ3v) is 4.36. The molecule has 0 saturated carbocycles. The van der Waals surface area contributed by atoms with Crippen LogP contribution in [0, 0.1) is 0 Å². The molecule has 2 heterocycles. The molecular formula is C16H24N2O. The summed E-state index contributed by atoms with van der Waals surface area (Å²) in [5.74, 6) is 0.653. The lowest BCUT2D eigenvalue weighted by Crippen LogP contribution is -2.39. The summed E-state index contributed by atoms with van der Waals surface area (Å²) >= 11 is 0. The minimum atomic E-state index is 0.496. The highest BCUT2D eigenvalue weighted by Crippen LogP contribution is 2.32. The molecule has 0 aromatic heterocycles. The number of anilines is 1. The van der Waals surface area contributed by atoms with Crippen LogP contribution in [0.1, 0.15) is 31.2 Å². The van der Waals surface area contributed by atoms with Crippen molar-refractivity contribution in [3.05, 3.63) is 29.8 Å². The first-order valence-corrected chi connectivity index (χ1v) is 7.53. The first-order valence-electron chi connectivity index (χ1n) is 7.53. The van der Waals surface area contributed by atoms with Gasteiger partial charge in [-0.25, -0.2) is 0 Å². The Hall–Kier alpha value is -1.06. The van der Waals surface area contributed by atoms with Gasteiger partial charge in [0.15, 0.2) is 0 Å². The molecule has 2 aliphatic rings. The van der Waals surface area contributed by atoms with E-state index in [0.29, 0.717) is 12.0 Å². The average Bonchev–Trinajstić information content (AvgIpc) is 2.85. The van der Waals surface area contributed by atoms with Crippen LogP contribution in [0.2, 0.25) is 0 Å². The lowest BCUT2D eigenvalue weighted by atomic mass is 9.99. The van der Waals surface area contributed by atoms with Crippen LogP contribution < -0.4 is 5.32 Å². The van der Waals surface area contributed by atoms with Gasteiger partial charge in [-0.05, 0) is 31.4 Å². The molecule has 3 rings (SSSR count). The van der Waals surface area contributed by atoms with E-state index in [1.165, 1.54) is 43.7 Å². The van der Waals surface area contributed by atoms with Crippen LogP contribution in [-0.4, -0.2) is 43.8 Å². The number of fused-ring (bicyclic) bond motifs is 1. The van der Waals surface area contributed by atoms with E-state index in [2.05, 4.69) is 41.4 Å². The van der Waals surface area contributed by atoms with E-state index < -0.39 is 0 Å². The Morgan fingerprint density at radius 1 is 1.26 bits per heavy atom. The van der Waals surface area contributed by atoms with Gasteiger partial charge in [-0.1, -0.05) is 18.2 Å². The quantitative estimate of drug-likeness (QED) is 0.901. The molecule has 1 unspecified atom stereocenters. The van der Waals surface area contributed by atoms with E-state index in [9.17, 15) is 0 Å². The van der Waals surface area contributed by atoms with Gasteiger partial charge < -0.3 is 15.0 Å². The maximum absolute atomic E-state index is 5.72. The van der Waals surface area contributed by atoms with Crippen molar-refractivity contribution in [1.29, 1.82) is 0 Å². The van der Waals surface area contributed by atoms with Crippen molar-refractivity contribution in [3.8, 4) is 0 Å². The van der Waals surface area contributed by atoms with Gasteiger partial charge in [-0.15, -0.1) is 0 Å². The van der Waals surface area contributed by atoms with Crippen LogP contribution in [0.15, 0.2) is 24.3 Å². The topological polar surface area (TPSA) is 24.5 Å². The van der Waals surface area contributed by atoms with Crippen molar-refractivity contribution in [2.75, 3.05) is 38.1 Å².